The fourth-order valence-electron chi connectivity index (χ4n) is 2.54. The molecule has 2 nitrogen and oxygen atoms in total. The van der Waals surface area contributed by atoms with E-state index >= 15 is 0 Å². The second-order valence-electron chi connectivity index (χ2n) is 4.77. The lowest BCUT2D eigenvalue weighted by Gasteiger charge is -2.40. The van der Waals surface area contributed by atoms with Gasteiger partial charge >= 0.3 is 5.97 Å². The molecule has 0 saturated carbocycles. The maximum atomic E-state index is 11.0. The Morgan fingerprint density at radius 1 is 1.57 bits per heavy atom. The van der Waals surface area contributed by atoms with Crippen LogP contribution in [0.4, 0.5) is 0 Å². The molecule has 80 valence electrons. The van der Waals surface area contributed by atoms with Gasteiger partial charge in [0, 0.05) is 5.57 Å². The first kappa shape index (κ1) is 11.3. The monoisotopic (exact) mass is 196 g/mol. The van der Waals surface area contributed by atoms with Crippen molar-refractivity contribution >= 4 is 5.97 Å². The van der Waals surface area contributed by atoms with Crippen LogP contribution in [0.3, 0.4) is 0 Å². The molecule has 0 aromatic rings. The minimum Gasteiger partial charge on any atom is -0.478 e. The van der Waals surface area contributed by atoms with Crippen LogP contribution >= 0.6 is 0 Å². The van der Waals surface area contributed by atoms with Crippen LogP contribution < -0.4 is 0 Å². The van der Waals surface area contributed by atoms with Crippen molar-refractivity contribution in [2.24, 2.45) is 11.3 Å². The van der Waals surface area contributed by atoms with E-state index in [1.54, 1.807) is 0 Å². The number of aliphatic carboxylic acids is 1. The molecule has 1 N–H and O–H groups in total. The topological polar surface area (TPSA) is 37.3 Å². The van der Waals surface area contributed by atoms with Crippen molar-refractivity contribution in [2.75, 3.05) is 0 Å². The van der Waals surface area contributed by atoms with Gasteiger partial charge in [-0.2, -0.15) is 0 Å². The fourth-order valence-corrected chi connectivity index (χ4v) is 2.54. The second kappa shape index (κ2) is 3.76. The van der Waals surface area contributed by atoms with E-state index in [4.69, 9.17) is 5.11 Å². The average Bonchev–Trinajstić information content (AvgIpc) is 2.09. The molecule has 0 heterocycles. The third-order valence-electron chi connectivity index (χ3n) is 3.93. The number of carbonyl (C=O) groups is 1. The van der Waals surface area contributed by atoms with E-state index in [9.17, 15) is 4.79 Å². The summed E-state index contributed by atoms with van der Waals surface area (Å²) in [7, 11) is 0. The molecule has 0 radical (unpaired) electrons. The van der Waals surface area contributed by atoms with Crippen molar-refractivity contribution in [1.82, 2.24) is 0 Å². The summed E-state index contributed by atoms with van der Waals surface area (Å²) in [6, 6.07) is 0. The number of carboxylic acid groups (broad SMARTS) is 1. The lowest BCUT2D eigenvalue weighted by Crippen LogP contribution is -2.31. The van der Waals surface area contributed by atoms with Gasteiger partial charge in [-0.15, -0.1) is 0 Å². The number of hydrogen-bond acceptors (Lipinski definition) is 1. The average molecular weight is 196 g/mol. The summed E-state index contributed by atoms with van der Waals surface area (Å²) in [4.78, 5) is 11.0. The molecule has 0 aromatic carbocycles. The summed E-state index contributed by atoms with van der Waals surface area (Å²) in [5.74, 6) is -0.101. The molecule has 0 fully saturated rings. The Kier molecular flexibility index (Phi) is 3.03. The fraction of sp³-hybridized carbons (Fsp3) is 0.750. The Balaban J connectivity index is 3.08. The van der Waals surface area contributed by atoms with Crippen LogP contribution in [0.1, 0.15) is 47.0 Å². The highest BCUT2D eigenvalue weighted by Gasteiger charge is 2.36. The van der Waals surface area contributed by atoms with Crippen molar-refractivity contribution in [1.29, 1.82) is 0 Å². The van der Waals surface area contributed by atoms with Crippen LogP contribution in [-0.2, 0) is 4.79 Å². The van der Waals surface area contributed by atoms with E-state index in [2.05, 4.69) is 20.8 Å². The Bertz CT molecular complexity index is 274. The second-order valence-corrected chi connectivity index (χ2v) is 4.77. The molecular weight excluding hydrogens is 176 g/mol. The first-order valence-electron chi connectivity index (χ1n) is 5.34. The zero-order valence-corrected chi connectivity index (χ0v) is 9.55. The molecule has 1 aliphatic rings. The maximum Gasteiger partial charge on any atom is 0.331 e. The van der Waals surface area contributed by atoms with Gasteiger partial charge in [-0.25, -0.2) is 4.79 Å². The third-order valence-corrected chi connectivity index (χ3v) is 3.93. The molecule has 0 aromatic heterocycles. The molecule has 2 heteroatoms. The van der Waals surface area contributed by atoms with Crippen LogP contribution in [-0.4, -0.2) is 11.1 Å². The highest BCUT2D eigenvalue weighted by molar-refractivity contribution is 5.87. The van der Waals surface area contributed by atoms with Gasteiger partial charge in [0.1, 0.15) is 0 Å². The summed E-state index contributed by atoms with van der Waals surface area (Å²) in [6.45, 7) is 8.49. The highest BCUT2D eigenvalue weighted by Crippen LogP contribution is 2.45. The van der Waals surface area contributed by atoms with Gasteiger partial charge in [0.15, 0.2) is 0 Å². The summed E-state index contributed by atoms with van der Waals surface area (Å²) >= 11 is 0. The van der Waals surface area contributed by atoms with Gasteiger partial charge in [0.25, 0.3) is 0 Å². The van der Waals surface area contributed by atoms with E-state index in [1.807, 2.05) is 6.92 Å². The zero-order valence-electron chi connectivity index (χ0n) is 9.55. The van der Waals surface area contributed by atoms with Crippen LogP contribution in [0.15, 0.2) is 11.1 Å². The molecule has 1 atom stereocenters. The van der Waals surface area contributed by atoms with E-state index in [1.165, 1.54) is 0 Å². The van der Waals surface area contributed by atoms with Gasteiger partial charge in [0.2, 0.25) is 0 Å². The minimum atomic E-state index is -0.731. The molecule has 0 saturated heterocycles. The van der Waals surface area contributed by atoms with Crippen molar-refractivity contribution in [3.05, 3.63) is 11.1 Å². The SMILES string of the molecule is CCC1CCC(C(=O)O)=C(C)C1(C)C. The largest absolute Gasteiger partial charge is 0.478 e. The number of hydrogen-bond donors (Lipinski definition) is 1. The van der Waals surface area contributed by atoms with E-state index in [-0.39, 0.29) is 5.41 Å². The van der Waals surface area contributed by atoms with Crippen LogP contribution in [0.25, 0.3) is 0 Å². The minimum absolute atomic E-state index is 0.0563. The first-order chi connectivity index (χ1) is 6.41. The molecule has 0 aliphatic heterocycles. The quantitative estimate of drug-likeness (QED) is 0.736. The van der Waals surface area contributed by atoms with E-state index in [0.29, 0.717) is 11.5 Å². The lowest BCUT2D eigenvalue weighted by molar-refractivity contribution is -0.133. The number of allylic oxidation sites excluding steroid dienone is 1. The van der Waals surface area contributed by atoms with Crippen molar-refractivity contribution in [2.45, 2.75) is 47.0 Å². The van der Waals surface area contributed by atoms with Crippen molar-refractivity contribution < 1.29 is 9.90 Å². The van der Waals surface area contributed by atoms with Gasteiger partial charge in [-0.1, -0.05) is 32.8 Å². The molecule has 1 rings (SSSR count). The molecule has 1 aliphatic carbocycles. The highest BCUT2D eigenvalue weighted by atomic mass is 16.4. The molecule has 1 unspecified atom stereocenters. The molecule has 0 bridgehead atoms. The number of carboxylic acids is 1. The Morgan fingerprint density at radius 2 is 2.14 bits per heavy atom. The standard InChI is InChI=1S/C12H20O2/c1-5-9-6-7-10(11(13)14)8(2)12(9,3)4/h9H,5-7H2,1-4H3,(H,13,14). The van der Waals surface area contributed by atoms with Crippen LogP contribution in [0, 0.1) is 11.3 Å². The lowest BCUT2D eigenvalue weighted by atomic mass is 9.65. The first-order valence-corrected chi connectivity index (χ1v) is 5.34. The summed E-state index contributed by atoms with van der Waals surface area (Å²) in [6.07, 6.45) is 2.89. The molecule has 0 amide bonds. The smallest absolute Gasteiger partial charge is 0.331 e. The molecule has 0 spiro atoms. The summed E-state index contributed by atoms with van der Waals surface area (Å²) < 4.78 is 0. The van der Waals surface area contributed by atoms with Gasteiger partial charge in [-0.05, 0) is 31.1 Å². The Morgan fingerprint density at radius 3 is 2.57 bits per heavy atom. The maximum absolute atomic E-state index is 11.0. The normalized spacial score (nSPS) is 26.4. The van der Waals surface area contributed by atoms with E-state index < -0.39 is 5.97 Å². The van der Waals surface area contributed by atoms with Crippen LogP contribution in [0.5, 0.6) is 0 Å². The molecular formula is C12H20O2. The van der Waals surface area contributed by atoms with E-state index in [0.717, 1.165) is 24.8 Å². The Hall–Kier alpha value is -0.790. The number of rotatable bonds is 2. The summed E-state index contributed by atoms with van der Waals surface area (Å²) in [5, 5.41) is 9.04. The van der Waals surface area contributed by atoms with Gasteiger partial charge in [-0.3, -0.25) is 0 Å². The Labute approximate surface area is 86.0 Å². The van der Waals surface area contributed by atoms with Gasteiger partial charge in [0.05, 0.1) is 0 Å². The van der Waals surface area contributed by atoms with Crippen LogP contribution in [0.2, 0.25) is 0 Å². The van der Waals surface area contributed by atoms with Crippen molar-refractivity contribution in [3.63, 3.8) is 0 Å². The zero-order chi connectivity index (χ0) is 10.9. The predicted molar refractivity (Wildman–Crippen MR) is 57.1 cm³/mol. The van der Waals surface area contributed by atoms with Gasteiger partial charge < -0.3 is 5.11 Å². The van der Waals surface area contributed by atoms with Crippen molar-refractivity contribution in [3.8, 4) is 0 Å². The molecule has 14 heavy (non-hydrogen) atoms. The third kappa shape index (κ3) is 1.70. The predicted octanol–water partition coefficient (Wildman–Crippen LogP) is 3.23. The summed E-state index contributed by atoms with van der Waals surface area (Å²) in [5.41, 5.74) is 1.77.